The molecule has 3 aromatic carbocycles. The van der Waals surface area contributed by atoms with Crippen molar-refractivity contribution < 1.29 is 24.2 Å². The summed E-state index contributed by atoms with van der Waals surface area (Å²) in [6, 6.07) is 21.2. The average molecular weight is 663 g/mol. The van der Waals surface area contributed by atoms with Gasteiger partial charge in [0.05, 0.1) is 24.8 Å². The fraction of sp³-hybridized carbons (Fsp3) is 0.333. The highest BCUT2D eigenvalue weighted by atomic mass is 79.9. The molecule has 43 heavy (non-hydrogen) atoms. The molecule has 4 atom stereocenters. The zero-order valence-corrected chi connectivity index (χ0v) is 27.0. The van der Waals surface area contributed by atoms with Gasteiger partial charge in [-0.1, -0.05) is 53.2 Å². The number of fused-ring (bicyclic) bond motifs is 3. The van der Waals surface area contributed by atoms with Gasteiger partial charge in [-0.05, 0) is 67.0 Å². The summed E-state index contributed by atoms with van der Waals surface area (Å²) >= 11 is 3.58. The number of hydrogen-bond donors (Lipinski definition) is 4. The van der Waals surface area contributed by atoms with Gasteiger partial charge in [0.25, 0.3) is 5.91 Å². The number of nitrogens with one attached hydrogen (secondary N) is 2. The smallest absolute Gasteiger partial charge is 0.264 e. The molecule has 10 heteroatoms. The van der Waals surface area contributed by atoms with E-state index < -0.39 is 20.0 Å². The molecule has 1 aromatic heterocycles. The third kappa shape index (κ3) is 5.25. The van der Waals surface area contributed by atoms with Gasteiger partial charge in [-0.2, -0.15) is 0 Å². The fourth-order valence-corrected chi connectivity index (χ4v) is 10.1. The Bertz CT molecular complexity index is 1680. The summed E-state index contributed by atoms with van der Waals surface area (Å²) in [6.07, 6.45) is 2.07. The molecule has 224 valence electrons. The van der Waals surface area contributed by atoms with Crippen LogP contribution in [0, 0.1) is 5.92 Å². The molecule has 3 heterocycles. The van der Waals surface area contributed by atoms with E-state index in [-0.39, 0.29) is 36.3 Å². The maximum Gasteiger partial charge on any atom is 0.264 e. The van der Waals surface area contributed by atoms with Gasteiger partial charge in [0.2, 0.25) is 5.91 Å². The third-order valence-corrected chi connectivity index (χ3v) is 12.0. The lowest BCUT2D eigenvalue weighted by Crippen LogP contribution is -2.46. The number of carbonyl (C=O) groups is 2. The van der Waals surface area contributed by atoms with Crippen molar-refractivity contribution in [2.45, 2.75) is 56.7 Å². The van der Waals surface area contributed by atoms with E-state index in [0.717, 1.165) is 37.8 Å². The van der Waals surface area contributed by atoms with E-state index in [1.54, 1.807) is 4.90 Å². The van der Waals surface area contributed by atoms with Gasteiger partial charge < -0.3 is 29.8 Å². The van der Waals surface area contributed by atoms with Crippen molar-refractivity contribution in [3.05, 3.63) is 94.1 Å². The molecule has 2 amide bonds. The highest BCUT2D eigenvalue weighted by Crippen LogP contribution is 2.60. The second-order valence-corrected chi connectivity index (χ2v) is 17.1. The predicted octanol–water partition coefficient (Wildman–Crippen LogP) is 5.84. The fourth-order valence-electron chi connectivity index (χ4n) is 7.14. The number of nitrogens with zero attached hydrogens (tertiary/aromatic N) is 1. The predicted molar refractivity (Wildman–Crippen MR) is 173 cm³/mol. The number of H-pyrrole nitrogens is 1. The highest BCUT2D eigenvalue weighted by molar-refractivity contribution is 9.10. The van der Waals surface area contributed by atoms with Gasteiger partial charge in [0.1, 0.15) is 0 Å². The zero-order chi connectivity index (χ0) is 30.5. The molecule has 0 bridgehead atoms. The molecule has 0 radical (unpaired) electrons. The van der Waals surface area contributed by atoms with E-state index >= 15 is 0 Å². The topological polar surface area (TPSA) is 115 Å². The average Bonchev–Trinajstić information content (AvgIpc) is 3.57. The van der Waals surface area contributed by atoms with Crippen LogP contribution in [0.1, 0.15) is 30.0 Å². The first-order chi connectivity index (χ1) is 20.5. The first kappa shape index (κ1) is 29.8. The third-order valence-electron chi connectivity index (χ3n) is 8.96. The van der Waals surface area contributed by atoms with Crippen molar-refractivity contribution in [2.24, 2.45) is 5.92 Å². The van der Waals surface area contributed by atoms with Crippen LogP contribution in [-0.2, 0) is 32.9 Å². The van der Waals surface area contributed by atoms with Crippen molar-refractivity contribution >= 4 is 58.3 Å². The molecule has 1 fully saturated rings. The number of hydrogen-bond acceptors (Lipinski definition) is 5. The Morgan fingerprint density at radius 3 is 2.60 bits per heavy atom. The molecule has 2 aliphatic heterocycles. The summed E-state index contributed by atoms with van der Waals surface area (Å²) in [5, 5.41) is 13.8. The first-order valence-corrected chi connectivity index (χ1v) is 18.4. The molecule has 0 saturated carbocycles. The van der Waals surface area contributed by atoms with E-state index in [0.29, 0.717) is 18.7 Å². The number of halogens is 1. The summed E-state index contributed by atoms with van der Waals surface area (Å²) in [4.78, 5) is 43.4. The molecule has 6 rings (SSSR count). The van der Waals surface area contributed by atoms with Crippen molar-refractivity contribution in [3.63, 3.8) is 0 Å². The Morgan fingerprint density at radius 1 is 1.14 bits per heavy atom. The number of aliphatic hydroxyl groups is 1. The number of anilines is 2. The zero-order valence-electron chi connectivity index (χ0n) is 24.4. The molecule has 4 aromatic rings. The number of aromatic amines is 1. The summed E-state index contributed by atoms with van der Waals surface area (Å²) in [5.41, 5.74) is 3.62. The molecular formula is C33H36BrN3O5Si. The summed E-state index contributed by atoms with van der Waals surface area (Å²) < 4.78 is 7.49. The van der Waals surface area contributed by atoms with E-state index in [1.165, 1.54) is 0 Å². The molecular weight excluding hydrogens is 626 g/mol. The number of amides is 2. The van der Waals surface area contributed by atoms with Crippen LogP contribution in [0.5, 0.6) is 0 Å². The monoisotopic (exact) mass is 661 g/mol. The lowest BCUT2D eigenvalue weighted by atomic mass is 9.82. The first-order valence-electron chi connectivity index (χ1n) is 14.6. The van der Waals surface area contributed by atoms with Crippen LogP contribution >= 0.6 is 15.9 Å². The van der Waals surface area contributed by atoms with Crippen molar-refractivity contribution in [1.82, 2.24) is 4.98 Å². The highest BCUT2D eigenvalue weighted by Gasteiger charge is 2.66. The lowest BCUT2D eigenvalue weighted by molar-refractivity contribution is -0.146. The second-order valence-electron chi connectivity index (χ2n) is 12.2. The number of ether oxygens (including phenoxy) is 1. The number of benzene rings is 3. The van der Waals surface area contributed by atoms with Gasteiger partial charge in [-0.25, -0.2) is 0 Å². The van der Waals surface area contributed by atoms with Crippen LogP contribution in [0.3, 0.4) is 0 Å². The molecule has 4 N–H and O–H groups in total. The Labute approximate surface area is 260 Å². The maximum atomic E-state index is 14.4. The molecule has 8 nitrogen and oxygen atoms in total. The molecule has 0 unspecified atom stereocenters. The Hall–Kier alpha value is -3.28. The van der Waals surface area contributed by atoms with Gasteiger partial charge in [0, 0.05) is 50.9 Å². The van der Waals surface area contributed by atoms with Crippen LogP contribution in [0.25, 0.3) is 10.9 Å². The van der Waals surface area contributed by atoms with Crippen LogP contribution in [0.2, 0.25) is 18.6 Å². The van der Waals surface area contributed by atoms with Crippen LogP contribution < -0.4 is 10.2 Å². The number of aromatic nitrogens is 1. The molecule has 1 saturated heterocycles. The second kappa shape index (κ2) is 11.3. The lowest BCUT2D eigenvalue weighted by Gasteiger charge is -2.32. The number of aliphatic hydroxyl groups excluding tert-OH is 1. The SMILES string of the molecule is C[C@H]1[C@H]([Si](C)(C)O)[C@@H](CCO)O[C@]12C(=O)N(Cc1ccc(NC(=O)Cc3c[nH]c4ccccc34)cc1)c1ccc(Br)cc12. The minimum atomic E-state index is -2.75. The quantitative estimate of drug-likeness (QED) is 0.177. The van der Waals surface area contributed by atoms with E-state index in [9.17, 15) is 19.5 Å². The number of rotatable bonds is 8. The Morgan fingerprint density at radius 2 is 1.88 bits per heavy atom. The molecule has 0 aliphatic carbocycles. The van der Waals surface area contributed by atoms with Crippen molar-refractivity contribution in [2.75, 3.05) is 16.8 Å². The van der Waals surface area contributed by atoms with Crippen LogP contribution in [0.4, 0.5) is 11.4 Å². The van der Waals surface area contributed by atoms with Gasteiger partial charge in [0.15, 0.2) is 13.9 Å². The summed E-state index contributed by atoms with van der Waals surface area (Å²) in [5.74, 6) is -0.549. The molecule has 2 aliphatic rings. The minimum absolute atomic E-state index is 0.0810. The maximum absolute atomic E-state index is 14.4. The summed E-state index contributed by atoms with van der Waals surface area (Å²) in [6.45, 7) is 5.99. The molecule has 1 spiro atoms. The summed E-state index contributed by atoms with van der Waals surface area (Å²) in [7, 11) is -2.75. The van der Waals surface area contributed by atoms with E-state index in [1.807, 2.05) is 92.9 Å². The van der Waals surface area contributed by atoms with Gasteiger partial charge in [-0.3, -0.25) is 9.59 Å². The normalized spacial score (nSPS) is 23.3. The minimum Gasteiger partial charge on any atom is -0.432 e. The Kier molecular flexibility index (Phi) is 7.85. The number of para-hydroxylation sites is 1. The van der Waals surface area contributed by atoms with Crippen LogP contribution in [0.15, 0.2) is 77.4 Å². The van der Waals surface area contributed by atoms with Crippen molar-refractivity contribution in [3.8, 4) is 0 Å². The van der Waals surface area contributed by atoms with Gasteiger partial charge >= 0.3 is 0 Å². The largest absolute Gasteiger partial charge is 0.432 e. The van der Waals surface area contributed by atoms with E-state index in [4.69, 9.17) is 4.74 Å². The van der Waals surface area contributed by atoms with E-state index in [2.05, 4.69) is 26.2 Å². The number of carbonyl (C=O) groups excluding carboxylic acids is 2. The standard InChI is InChI=1S/C33H36BrN3O5Si/c1-20-31(43(2,3)41)29(14-15-38)42-33(20)26-17-23(34)10-13-28(26)37(32(33)40)19-21-8-11-24(12-9-21)36-30(39)16-22-18-35-27-7-5-4-6-25(22)27/h4-13,17-18,20,29,31,35,38,41H,14-16,19H2,1-3H3,(H,36,39)/t20-,29+,31-,33+/m0/s1. The van der Waals surface area contributed by atoms with Crippen molar-refractivity contribution in [1.29, 1.82) is 0 Å². The Balaban J connectivity index is 1.22. The van der Waals surface area contributed by atoms with Gasteiger partial charge in [-0.15, -0.1) is 0 Å². The van der Waals surface area contributed by atoms with Crippen LogP contribution in [-0.4, -0.2) is 47.7 Å².